The third-order valence-electron chi connectivity index (χ3n) is 2.69. The lowest BCUT2D eigenvalue weighted by molar-refractivity contribution is 0.944. The Balaban J connectivity index is 0.000000313. The number of rotatable bonds is 3. The number of hydrogen-bond donors (Lipinski definition) is 4. The van der Waals surface area contributed by atoms with Gasteiger partial charge in [-0.05, 0) is 43.3 Å². The van der Waals surface area contributed by atoms with E-state index in [9.17, 15) is 0 Å². The molecule has 0 aliphatic carbocycles. The zero-order valence-corrected chi connectivity index (χ0v) is 14.4. The zero-order valence-electron chi connectivity index (χ0n) is 12.9. The molecule has 2 aromatic rings. The maximum Gasteiger partial charge on any atom is 0.144 e. The maximum absolute atomic E-state index is 5.82. The Hall–Kier alpha value is -2.67. The number of nitrogen functional groups attached to an aromatic ring is 1. The van der Waals surface area contributed by atoms with Gasteiger partial charge in [0, 0.05) is 15.9 Å². The first-order chi connectivity index (χ1) is 11.0. The number of nitrogens with zero attached hydrogens (tertiary/aromatic N) is 2. The van der Waals surface area contributed by atoms with E-state index in [0.29, 0.717) is 11.5 Å². The molecule has 2 aromatic carbocycles. The third-order valence-corrected chi connectivity index (χ3v) is 3.21. The highest BCUT2D eigenvalue weighted by atomic mass is 79.9. The van der Waals surface area contributed by atoms with Gasteiger partial charge in [-0.25, -0.2) is 5.01 Å². The fourth-order valence-electron chi connectivity index (χ4n) is 1.54. The lowest BCUT2D eigenvalue weighted by Crippen LogP contribution is -2.26. The van der Waals surface area contributed by atoms with E-state index in [1.54, 1.807) is 6.92 Å². The Morgan fingerprint density at radius 1 is 1.04 bits per heavy atom. The molecule has 2 rings (SSSR count). The monoisotopic (exact) mass is 376 g/mol. The van der Waals surface area contributed by atoms with E-state index in [4.69, 9.17) is 22.9 Å². The minimum atomic E-state index is 0.351. The van der Waals surface area contributed by atoms with E-state index in [2.05, 4.69) is 21.0 Å². The third kappa shape index (κ3) is 6.31. The number of nitrogens with two attached hydrogens (primary N) is 4. The Morgan fingerprint density at radius 2 is 1.61 bits per heavy atom. The van der Waals surface area contributed by atoms with Gasteiger partial charge in [0.2, 0.25) is 0 Å². The van der Waals surface area contributed by atoms with Gasteiger partial charge in [0.05, 0.1) is 5.69 Å². The summed E-state index contributed by atoms with van der Waals surface area (Å²) >= 11 is 3.35. The van der Waals surface area contributed by atoms with Crippen molar-refractivity contribution in [2.45, 2.75) is 6.92 Å². The van der Waals surface area contributed by atoms with Crippen molar-refractivity contribution in [3.05, 3.63) is 70.6 Å². The predicted molar refractivity (Wildman–Crippen MR) is 101 cm³/mol. The topological polar surface area (TPSA) is 120 Å². The Morgan fingerprint density at radius 3 is 2.00 bits per heavy atom. The summed E-state index contributed by atoms with van der Waals surface area (Å²) in [6.07, 6.45) is 1.16. The second-order valence-corrected chi connectivity index (χ2v) is 5.45. The molecule has 0 spiro atoms. The molecule has 0 saturated carbocycles. The molecule has 122 valence electrons. The first kappa shape index (κ1) is 18.4. The average molecular weight is 377 g/mol. The maximum atomic E-state index is 5.82. The molecule has 6 nitrogen and oxygen atoms in total. The molecule has 0 aromatic heterocycles. The van der Waals surface area contributed by atoms with Crippen molar-refractivity contribution in [3.63, 3.8) is 0 Å². The van der Waals surface area contributed by atoms with Crippen LogP contribution < -0.4 is 27.9 Å². The average Bonchev–Trinajstić information content (AvgIpc) is 2.54. The fourth-order valence-corrected chi connectivity index (χ4v) is 1.80. The minimum Gasteiger partial charge on any atom is -0.399 e. The van der Waals surface area contributed by atoms with Crippen molar-refractivity contribution in [1.29, 1.82) is 0 Å². The molecule has 8 N–H and O–H groups in total. The summed E-state index contributed by atoms with van der Waals surface area (Å²) in [5, 5.41) is 5.43. The number of halogens is 1. The van der Waals surface area contributed by atoms with Crippen molar-refractivity contribution in [2.24, 2.45) is 22.3 Å². The lowest BCUT2D eigenvalue weighted by Gasteiger charge is -2.19. The molecule has 0 amide bonds. The van der Waals surface area contributed by atoms with Crippen molar-refractivity contribution in [3.8, 4) is 0 Å². The molecule has 0 fully saturated rings. The quantitative estimate of drug-likeness (QED) is 0.284. The number of para-hydroxylation sites is 1. The van der Waals surface area contributed by atoms with Gasteiger partial charge in [0.25, 0.3) is 0 Å². The smallest absolute Gasteiger partial charge is 0.144 e. The van der Waals surface area contributed by atoms with Crippen molar-refractivity contribution < 1.29 is 0 Å². The standard InChI is InChI=1S/C10H14BrN5.C6H7N/c1-7(13)10(14)16(15-6-12)9-4-2-8(11)3-5-9;7-6-4-2-1-3-5-6/h2-6H,13-14H2,1H3,(H2,12,15);1-5H,7H2/b10-7+;. The van der Waals surface area contributed by atoms with Crippen LogP contribution in [0.15, 0.2) is 75.7 Å². The van der Waals surface area contributed by atoms with Gasteiger partial charge < -0.3 is 22.9 Å². The van der Waals surface area contributed by atoms with Gasteiger partial charge >= 0.3 is 0 Å². The molecule has 0 aliphatic heterocycles. The Bertz CT molecular complexity index is 648. The molecule has 0 saturated heterocycles. The zero-order chi connectivity index (χ0) is 17.2. The largest absolute Gasteiger partial charge is 0.399 e. The number of anilines is 2. The van der Waals surface area contributed by atoms with Crippen LogP contribution in [0.5, 0.6) is 0 Å². The van der Waals surface area contributed by atoms with E-state index in [0.717, 1.165) is 22.2 Å². The highest BCUT2D eigenvalue weighted by Gasteiger charge is 2.09. The van der Waals surface area contributed by atoms with E-state index >= 15 is 0 Å². The van der Waals surface area contributed by atoms with Crippen LogP contribution in [0.2, 0.25) is 0 Å². The molecule has 7 heteroatoms. The van der Waals surface area contributed by atoms with Gasteiger partial charge in [0.1, 0.15) is 12.2 Å². The normalized spacial score (nSPS) is 11.4. The first-order valence-corrected chi connectivity index (χ1v) is 7.57. The van der Waals surface area contributed by atoms with Crippen LogP contribution in [0.3, 0.4) is 0 Å². The van der Waals surface area contributed by atoms with Crippen molar-refractivity contribution in [2.75, 3.05) is 10.7 Å². The number of benzene rings is 2. The highest BCUT2D eigenvalue weighted by molar-refractivity contribution is 9.10. The first-order valence-electron chi connectivity index (χ1n) is 6.78. The molecule has 0 heterocycles. The number of hydrogen-bond acceptors (Lipinski definition) is 5. The molecule has 0 bridgehead atoms. The van der Waals surface area contributed by atoms with E-state index in [1.165, 1.54) is 5.01 Å². The van der Waals surface area contributed by atoms with Gasteiger partial charge in [0.15, 0.2) is 0 Å². The van der Waals surface area contributed by atoms with Crippen molar-refractivity contribution in [1.82, 2.24) is 0 Å². The molecule has 23 heavy (non-hydrogen) atoms. The molecule has 0 aliphatic rings. The molecule has 0 unspecified atom stereocenters. The van der Waals surface area contributed by atoms with Gasteiger partial charge in [-0.2, -0.15) is 5.10 Å². The minimum absolute atomic E-state index is 0.351. The van der Waals surface area contributed by atoms with E-state index in [1.807, 2.05) is 54.6 Å². The summed E-state index contributed by atoms with van der Waals surface area (Å²) in [7, 11) is 0. The summed E-state index contributed by atoms with van der Waals surface area (Å²) in [6, 6.07) is 17.0. The van der Waals surface area contributed by atoms with Gasteiger partial charge in [-0.1, -0.05) is 34.1 Å². The molecular formula is C16H21BrN6. The van der Waals surface area contributed by atoms with Crippen LogP contribution in [0, 0.1) is 0 Å². The second-order valence-electron chi connectivity index (χ2n) is 4.53. The lowest BCUT2D eigenvalue weighted by atomic mass is 10.3. The van der Waals surface area contributed by atoms with Crippen LogP contribution in [0.4, 0.5) is 11.4 Å². The summed E-state index contributed by atoms with van der Waals surface area (Å²) in [5.41, 5.74) is 24.2. The Labute approximate surface area is 144 Å². The fraction of sp³-hybridized carbons (Fsp3) is 0.0625. The SMILES string of the molecule is C/C(N)=C(/N)N(/N=C/N)c1ccc(Br)cc1.Nc1ccccc1. The number of allylic oxidation sites excluding steroid dienone is 1. The van der Waals surface area contributed by atoms with Crippen LogP contribution in [-0.2, 0) is 0 Å². The number of hydrazone groups is 1. The molecule has 0 radical (unpaired) electrons. The Kier molecular flexibility index (Phi) is 7.49. The summed E-state index contributed by atoms with van der Waals surface area (Å²) in [4.78, 5) is 0. The van der Waals surface area contributed by atoms with Gasteiger partial charge in [-0.3, -0.25) is 0 Å². The van der Waals surface area contributed by atoms with E-state index < -0.39 is 0 Å². The van der Waals surface area contributed by atoms with E-state index in [-0.39, 0.29) is 0 Å². The van der Waals surface area contributed by atoms with Crippen LogP contribution in [0.1, 0.15) is 6.92 Å². The summed E-state index contributed by atoms with van der Waals surface area (Å²) < 4.78 is 0.972. The predicted octanol–water partition coefficient (Wildman–Crippen LogP) is 2.53. The summed E-state index contributed by atoms with van der Waals surface area (Å²) in [6.45, 7) is 1.70. The highest BCUT2D eigenvalue weighted by Crippen LogP contribution is 2.21. The van der Waals surface area contributed by atoms with Crippen LogP contribution in [0.25, 0.3) is 0 Å². The molecular weight excluding hydrogens is 356 g/mol. The van der Waals surface area contributed by atoms with Crippen LogP contribution in [-0.4, -0.2) is 6.34 Å². The van der Waals surface area contributed by atoms with Crippen LogP contribution >= 0.6 is 15.9 Å². The van der Waals surface area contributed by atoms with Crippen molar-refractivity contribution >= 4 is 33.6 Å². The van der Waals surface area contributed by atoms with Gasteiger partial charge in [-0.15, -0.1) is 0 Å². The summed E-state index contributed by atoms with van der Waals surface area (Å²) in [5.74, 6) is 0.351. The molecule has 0 atom stereocenters. The second kappa shape index (κ2) is 9.37.